The van der Waals surface area contributed by atoms with Crippen molar-refractivity contribution in [2.75, 3.05) is 18.0 Å². The van der Waals surface area contributed by atoms with Crippen molar-refractivity contribution in [1.29, 1.82) is 0 Å². The van der Waals surface area contributed by atoms with Gasteiger partial charge in [-0.15, -0.1) is 10.2 Å². The van der Waals surface area contributed by atoms with E-state index in [9.17, 15) is 9.59 Å². The first-order valence-electron chi connectivity index (χ1n) is 9.74. The number of hydrogen-bond donors (Lipinski definition) is 2. The van der Waals surface area contributed by atoms with Crippen LogP contribution in [-0.4, -0.2) is 50.6 Å². The van der Waals surface area contributed by atoms with Crippen LogP contribution in [-0.2, 0) is 4.79 Å². The third kappa shape index (κ3) is 5.37. The van der Waals surface area contributed by atoms with Gasteiger partial charge in [-0.1, -0.05) is 11.8 Å². The molecular formula is C18H30N6O2S. The molecule has 0 aromatic carbocycles. The van der Waals surface area contributed by atoms with Crippen LogP contribution in [0.4, 0.5) is 10.7 Å². The van der Waals surface area contributed by atoms with Crippen LogP contribution in [0.2, 0.25) is 0 Å². The topological polar surface area (TPSA) is 92.2 Å². The van der Waals surface area contributed by atoms with Crippen LogP contribution in [0.25, 0.3) is 0 Å². The third-order valence-corrected chi connectivity index (χ3v) is 5.63. The molecule has 0 radical (unpaired) electrons. The number of carbonyl (C=O) groups is 2. The molecule has 1 aromatic heterocycles. The van der Waals surface area contributed by atoms with Gasteiger partial charge in [-0.25, -0.2) is 4.79 Å². The van der Waals surface area contributed by atoms with Crippen molar-refractivity contribution in [2.45, 2.75) is 81.8 Å². The molecule has 27 heavy (non-hydrogen) atoms. The number of aromatic nitrogens is 3. The lowest BCUT2D eigenvalue weighted by atomic mass is 10.1. The Morgan fingerprint density at radius 3 is 2.41 bits per heavy atom. The monoisotopic (exact) mass is 394 g/mol. The van der Waals surface area contributed by atoms with Gasteiger partial charge in [0, 0.05) is 24.7 Å². The van der Waals surface area contributed by atoms with E-state index in [1.165, 1.54) is 31.0 Å². The maximum Gasteiger partial charge on any atom is 0.321 e. The summed E-state index contributed by atoms with van der Waals surface area (Å²) < 4.78 is 2.19. The molecule has 8 nitrogen and oxygen atoms in total. The zero-order valence-electron chi connectivity index (χ0n) is 16.6. The number of thioether (sulfide) groups is 1. The van der Waals surface area contributed by atoms with E-state index in [0.29, 0.717) is 6.04 Å². The Morgan fingerprint density at radius 1 is 1.15 bits per heavy atom. The highest BCUT2D eigenvalue weighted by Crippen LogP contribution is 2.41. The van der Waals surface area contributed by atoms with E-state index < -0.39 is 16.8 Å². The average Bonchev–Trinajstić information content (AvgIpc) is 3.34. The normalized spacial score (nSPS) is 18.9. The molecular weight excluding hydrogens is 364 g/mol. The Balaban J connectivity index is 1.65. The number of imide groups is 1. The third-order valence-electron chi connectivity index (χ3n) is 4.57. The second kappa shape index (κ2) is 8.08. The Bertz CT molecular complexity index is 689. The van der Waals surface area contributed by atoms with Crippen LogP contribution in [0, 0.1) is 0 Å². The molecule has 2 N–H and O–H groups in total. The van der Waals surface area contributed by atoms with Crippen LogP contribution in [0.5, 0.6) is 0 Å². The molecule has 1 aliphatic carbocycles. The first kappa shape index (κ1) is 20.0. The van der Waals surface area contributed by atoms with Crippen molar-refractivity contribution in [2.24, 2.45) is 0 Å². The minimum Gasteiger partial charge on any atom is -0.341 e. The summed E-state index contributed by atoms with van der Waals surface area (Å²) in [6.07, 6.45) is 5.88. The van der Waals surface area contributed by atoms with Gasteiger partial charge in [0.05, 0.1) is 5.25 Å². The van der Waals surface area contributed by atoms with E-state index in [1.807, 2.05) is 20.8 Å². The maximum atomic E-state index is 12.4. The Morgan fingerprint density at radius 2 is 1.81 bits per heavy atom. The number of carbonyl (C=O) groups excluding carboxylic acids is 2. The van der Waals surface area contributed by atoms with E-state index in [0.717, 1.165) is 37.0 Å². The molecule has 2 fully saturated rings. The quantitative estimate of drug-likeness (QED) is 0.746. The smallest absolute Gasteiger partial charge is 0.321 e. The maximum absolute atomic E-state index is 12.4. The molecule has 1 unspecified atom stereocenters. The van der Waals surface area contributed by atoms with Crippen LogP contribution < -0.4 is 15.5 Å². The molecule has 2 heterocycles. The molecule has 1 aromatic rings. The fourth-order valence-corrected chi connectivity index (χ4v) is 4.02. The highest BCUT2D eigenvalue weighted by Gasteiger charge is 2.33. The van der Waals surface area contributed by atoms with E-state index in [2.05, 4.69) is 30.3 Å². The fraction of sp³-hybridized carbons (Fsp3) is 0.778. The summed E-state index contributed by atoms with van der Waals surface area (Å²) in [6, 6.07) is -0.0449. The van der Waals surface area contributed by atoms with Gasteiger partial charge in [0.15, 0.2) is 5.16 Å². The van der Waals surface area contributed by atoms with Crippen molar-refractivity contribution in [3.8, 4) is 0 Å². The Hall–Kier alpha value is -1.77. The lowest BCUT2D eigenvalue weighted by Gasteiger charge is -2.28. The van der Waals surface area contributed by atoms with E-state index in [-0.39, 0.29) is 5.91 Å². The number of hydrogen-bond acceptors (Lipinski definition) is 6. The number of rotatable bonds is 5. The lowest BCUT2D eigenvalue weighted by Crippen LogP contribution is -2.49. The minimum absolute atomic E-state index is 0.327. The van der Waals surface area contributed by atoms with Crippen LogP contribution in [0.1, 0.15) is 65.8 Å². The van der Waals surface area contributed by atoms with Gasteiger partial charge in [0.1, 0.15) is 0 Å². The summed E-state index contributed by atoms with van der Waals surface area (Å²) in [5.74, 6) is 0.601. The van der Waals surface area contributed by atoms with E-state index in [1.54, 1.807) is 6.92 Å². The van der Waals surface area contributed by atoms with Gasteiger partial charge in [-0.05, 0) is 59.8 Å². The second-order valence-electron chi connectivity index (χ2n) is 8.38. The molecule has 1 aliphatic heterocycles. The summed E-state index contributed by atoms with van der Waals surface area (Å²) in [5, 5.41) is 14.3. The first-order chi connectivity index (χ1) is 12.7. The predicted octanol–water partition coefficient (Wildman–Crippen LogP) is 2.71. The predicted molar refractivity (Wildman–Crippen MR) is 106 cm³/mol. The summed E-state index contributed by atoms with van der Waals surface area (Å²) >= 11 is 1.36. The highest BCUT2D eigenvalue weighted by molar-refractivity contribution is 8.00. The minimum atomic E-state index is -0.474. The fourth-order valence-electron chi connectivity index (χ4n) is 3.11. The molecule has 3 rings (SSSR count). The van der Waals surface area contributed by atoms with Crippen LogP contribution in [0.15, 0.2) is 5.16 Å². The number of nitrogens with one attached hydrogen (secondary N) is 2. The first-order valence-corrected chi connectivity index (χ1v) is 10.6. The van der Waals surface area contributed by atoms with Gasteiger partial charge in [0.2, 0.25) is 11.9 Å². The largest absolute Gasteiger partial charge is 0.341 e. The Kier molecular flexibility index (Phi) is 5.98. The van der Waals surface area contributed by atoms with Crippen molar-refractivity contribution in [3.05, 3.63) is 0 Å². The number of nitrogens with zero attached hydrogens (tertiary/aromatic N) is 4. The Labute approximate surface area is 164 Å². The molecule has 150 valence electrons. The van der Waals surface area contributed by atoms with Crippen molar-refractivity contribution >= 4 is 29.6 Å². The molecule has 3 amide bonds. The summed E-state index contributed by atoms with van der Waals surface area (Å²) in [5.41, 5.74) is -0.393. The number of piperidine rings is 1. The lowest BCUT2D eigenvalue weighted by molar-refractivity contribution is -0.119. The molecule has 0 bridgehead atoms. The zero-order valence-corrected chi connectivity index (χ0v) is 17.4. The van der Waals surface area contributed by atoms with E-state index in [4.69, 9.17) is 0 Å². The number of amides is 3. The van der Waals surface area contributed by atoms with Gasteiger partial charge in [-0.2, -0.15) is 0 Å². The van der Waals surface area contributed by atoms with E-state index >= 15 is 0 Å². The molecule has 0 spiro atoms. The zero-order chi connectivity index (χ0) is 19.6. The average molecular weight is 395 g/mol. The summed E-state index contributed by atoms with van der Waals surface area (Å²) in [4.78, 5) is 26.6. The SMILES string of the molecule is CC(Sc1nnc(N2CCCCC2)n1C1CC1)C(=O)NC(=O)NC(C)(C)C. The number of anilines is 1. The van der Waals surface area contributed by atoms with Crippen LogP contribution in [0.3, 0.4) is 0 Å². The van der Waals surface area contributed by atoms with Crippen LogP contribution >= 0.6 is 11.8 Å². The van der Waals surface area contributed by atoms with Gasteiger partial charge in [-0.3, -0.25) is 14.7 Å². The molecule has 1 atom stereocenters. The highest BCUT2D eigenvalue weighted by atomic mass is 32.2. The molecule has 9 heteroatoms. The number of urea groups is 1. The standard InChI is InChI=1S/C18H30N6O2S/c1-12(14(25)19-15(26)20-18(2,3)4)27-17-22-21-16(24(17)13-8-9-13)23-10-6-5-7-11-23/h12-13H,5-11H2,1-4H3,(H2,19,20,25,26). The van der Waals surface area contributed by atoms with Crippen molar-refractivity contribution in [1.82, 2.24) is 25.4 Å². The molecule has 1 saturated carbocycles. The van der Waals surface area contributed by atoms with Gasteiger partial charge < -0.3 is 10.2 Å². The van der Waals surface area contributed by atoms with Crippen molar-refractivity contribution in [3.63, 3.8) is 0 Å². The second-order valence-corrected chi connectivity index (χ2v) is 9.69. The van der Waals surface area contributed by atoms with Crippen molar-refractivity contribution < 1.29 is 9.59 Å². The molecule has 1 saturated heterocycles. The van der Waals surface area contributed by atoms with Gasteiger partial charge >= 0.3 is 6.03 Å². The summed E-state index contributed by atoms with van der Waals surface area (Å²) in [6.45, 7) is 9.42. The molecule has 2 aliphatic rings. The van der Waals surface area contributed by atoms with Gasteiger partial charge in [0.25, 0.3) is 0 Å². The summed E-state index contributed by atoms with van der Waals surface area (Å²) in [7, 11) is 0.